The molecule has 9 atom stereocenters. The van der Waals surface area contributed by atoms with E-state index >= 15 is 0 Å². The SMILES string of the molecule is C[C@]12CC[C@H](O)C[C@@H]1[C@H](O)C[C@H]1[C@@H]2CC[C@]2(C)[C@@H](O)CC[C@@H]12. The molecule has 22 heavy (non-hydrogen) atoms. The fourth-order valence-corrected chi connectivity index (χ4v) is 7.25. The monoisotopic (exact) mass is 308 g/mol. The molecule has 0 radical (unpaired) electrons. The number of fused-ring (bicyclic) bond motifs is 5. The van der Waals surface area contributed by atoms with Crippen molar-refractivity contribution in [2.24, 2.45) is 34.5 Å². The van der Waals surface area contributed by atoms with Crippen LogP contribution in [-0.2, 0) is 0 Å². The van der Waals surface area contributed by atoms with Crippen LogP contribution in [0, 0.1) is 34.5 Å². The molecule has 3 nitrogen and oxygen atoms in total. The highest BCUT2D eigenvalue weighted by molar-refractivity contribution is 5.11. The van der Waals surface area contributed by atoms with Crippen molar-refractivity contribution >= 4 is 0 Å². The van der Waals surface area contributed by atoms with Crippen molar-refractivity contribution in [2.45, 2.75) is 83.5 Å². The van der Waals surface area contributed by atoms with Gasteiger partial charge in [-0.1, -0.05) is 13.8 Å². The molecule has 0 heterocycles. The molecule has 0 unspecified atom stereocenters. The Kier molecular flexibility index (Phi) is 3.46. The van der Waals surface area contributed by atoms with Gasteiger partial charge in [-0.15, -0.1) is 0 Å². The van der Waals surface area contributed by atoms with Gasteiger partial charge in [0.25, 0.3) is 0 Å². The number of aliphatic hydroxyl groups is 3. The molecule has 0 spiro atoms. The van der Waals surface area contributed by atoms with Crippen molar-refractivity contribution in [3.05, 3.63) is 0 Å². The van der Waals surface area contributed by atoms with E-state index in [1.54, 1.807) is 0 Å². The Bertz CT molecular complexity index is 452. The van der Waals surface area contributed by atoms with E-state index in [0.29, 0.717) is 17.8 Å². The van der Waals surface area contributed by atoms with Gasteiger partial charge in [0.15, 0.2) is 0 Å². The average Bonchev–Trinajstić information content (AvgIpc) is 2.77. The van der Waals surface area contributed by atoms with Crippen LogP contribution in [0.5, 0.6) is 0 Å². The highest BCUT2D eigenvalue weighted by Gasteiger charge is 2.61. The number of hydrogen-bond donors (Lipinski definition) is 3. The number of hydrogen-bond acceptors (Lipinski definition) is 3. The van der Waals surface area contributed by atoms with Gasteiger partial charge in [-0.2, -0.15) is 0 Å². The first-order valence-corrected chi connectivity index (χ1v) is 9.40. The predicted octanol–water partition coefficient (Wildman–Crippen LogP) is 2.72. The summed E-state index contributed by atoms with van der Waals surface area (Å²) in [6.45, 7) is 4.68. The molecule has 4 aliphatic rings. The van der Waals surface area contributed by atoms with Gasteiger partial charge in [-0.05, 0) is 85.9 Å². The van der Waals surface area contributed by atoms with Crippen molar-refractivity contribution in [1.82, 2.24) is 0 Å². The van der Waals surface area contributed by atoms with Gasteiger partial charge in [-0.3, -0.25) is 0 Å². The molecular formula is C19H32O3. The van der Waals surface area contributed by atoms with Gasteiger partial charge in [0.1, 0.15) is 0 Å². The molecule has 0 aromatic heterocycles. The molecule has 0 aliphatic heterocycles. The van der Waals surface area contributed by atoms with Crippen LogP contribution in [0.25, 0.3) is 0 Å². The van der Waals surface area contributed by atoms with Crippen LogP contribution in [0.15, 0.2) is 0 Å². The van der Waals surface area contributed by atoms with Gasteiger partial charge < -0.3 is 15.3 Å². The first-order valence-electron chi connectivity index (χ1n) is 9.40. The molecule has 3 N–H and O–H groups in total. The van der Waals surface area contributed by atoms with E-state index in [0.717, 1.165) is 44.9 Å². The summed E-state index contributed by atoms with van der Waals surface area (Å²) >= 11 is 0. The zero-order valence-electron chi connectivity index (χ0n) is 14.0. The maximum atomic E-state index is 10.8. The van der Waals surface area contributed by atoms with Crippen LogP contribution < -0.4 is 0 Å². The molecule has 4 rings (SSSR count). The van der Waals surface area contributed by atoms with E-state index in [9.17, 15) is 15.3 Å². The first-order chi connectivity index (χ1) is 10.4. The summed E-state index contributed by atoms with van der Waals surface area (Å²) < 4.78 is 0. The average molecular weight is 308 g/mol. The molecule has 0 saturated heterocycles. The lowest BCUT2D eigenvalue weighted by Gasteiger charge is -2.61. The molecule has 0 aromatic carbocycles. The fourth-order valence-electron chi connectivity index (χ4n) is 7.25. The second-order valence-electron chi connectivity index (χ2n) is 9.36. The summed E-state index contributed by atoms with van der Waals surface area (Å²) in [4.78, 5) is 0. The largest absolute Gasteiger partial charge is 0.393 e. The minimum absolute atomic E-state index is 0.0816. The molecule has 0 aromatic rings. The summed E-state index contributed by atoms with van der Waals surface area (Å²) in [6.07, 6.45) is 7.42. The second-order valence-corrected chi connectivity index (χ2v) is 9.36. The molecule has 0 amide bonds. The van der Waals surface area contributed by atoms with Crippen molar-refractivity contribution in [1.29, 1.82) is 0 Å². The smallest absolute Gasteiger partial charge is 0.0596 e. The van der Waals surface area contributed by atoms with Crippen molar-refractivity contribution in [2.75, 3.05) is 0 Å². The topological polar surface area (TPSA) is 60.7 Å². The number of rotatable bonds is 0. The van der Waals surface area contributed by atoms with E-state index < -0.39 is 0 Å². The van der Waals surface area contributed by atoms with Crippen LogP contribution in [0.3, 0.4) is 0 Å². The zero-order chi connectivity index (χ0) is 15.7. The highest BCUT2D eigenvalue weighted by atomic mass is 16.3. The Labute approximate surface area is 134 Å². The molecule has 3 heteroatoms. The number of aliphatic hydroxyl groups excluding tert-OH is 3. The van der Waals surface area contributed by atoms with Crippen molar-refractivity contribution < 1.29 is 15.3 Å². The van der Waals surface area contributed by atoms with Crippen molar-refractivity contribution in [3.63, 3.8) is 0 Å². The van der Waals surface area contributed by atoms with Gasteiger partial charge in [0.2, 0.25) is 0 Å². The lowest BCUT2D eigenvalue weighted by atomic mass is 9.44. The lowest BCUT2D eigenvalue weighted by molar-refractivity contribution is -0.174. The Morgan fingerprint density at radius 2 is 1.41 bits per heavy atom. The van der Waals surface area contributed by atoms with E-state index in [-0.39, 0.29) is 35.1 Å². The molecule has 4 aliphatic carbocycles. The minimum Gasteiger partial charge on any atom is -0.393 e. The second kappa shape index (κ2) is 4.94. The van der Waals surface area contributed by atoms with Crippen LogP contribution in [-0.4, -0.2) is 33.6 Å². The highest BCUT2D eigenvalue weighted by Crippen LogP contribution is 2.66. The fraction of sp³-hybridized carbons (Fsp3) is 1.00. The Morgan fingerprint density at radius 1 is 0.727 bits per heavy atom. The molecular weight excluding hydrogens is 276 g/mol. The minimum atomic E-state index is -0.263. The molecule has 4 fully saturated rings. The zero-order valence-corrected chi connectivity index (χ0v) is 14.0. The van der Waals surface area contributed by atoms with E-state index in [4.69, 9.17) is 0 Å². The molecule has 126 valence electrons. The van der Waals surface area contributed by atoms with Gasteiger partial charge >= 0.3 is 0 Å². The third-order valence-corrected chi connectivity index (χ3v) is 8.60. The third-order valence-electron chi connectivity index (χ3n) is 8.60. The van der Waals surface area contributed by atoms with Gasteiger partial charge in [0.05, 0.1) is 18.3 Å². The van der Waals surface area contributed by atoms with Crippen LogP contribution in [0.1, 0.15) is 65.2 Å². The Morgan fingerprint density at radius 3 is 2.18 bits per heavy atom. The van der Waals surface area contributed by atoms with E-state index in [1.807, 2.05) is 0 Å². The maximum Gasteiger partial charge on any atom is 0.0596 e. The van der Waals surface area contributed by atoms with Crippen LogP contribution >= 0.6 is 0 Å². The Hall–Kier alpha value is -0.120. The predicted molar refractivity (Wildman–Crippen MR) is 85.1 cm³/mol. The summed E-state index contributed by atoms with van der Waals surface area (Å²) in [7, 11) is 0. The summed E-state index contributed by atoms with van der Waals surface area (Å²) in [5.41, 5.74) is 0.273. The summed E-state index contributed by atoms with van der Waals surface area (Å²) in [5.74, 6) is 2.10. The van der Waals surface area contributed by atoms with Crippen LogP contribution in [0.4, 0.5) is 0 Å². The first kappa shape index (κ1) is 15.4. The lowest BCUT2D eigenvalue weighted by Crippen LogP contribution is -2.58. The van der Waals surface area contributed by atoms with E-state index in [1.165, 1.54) is 6.42 Å². The third kappa shape index (κ3) is 1.91. The molecule has 4 saturated carbocycles. The van der Waals surface area contributed by atoms with E-state index in [2.05, 4.69) is 13.8 Å². The standard InChI is InChI=1S/C19H32O3/c1-18-7-5-11(20)9-15(18)16(21)10-12-13-3-4-17(22)19(13,2)8-6-14(12)18/h11-17,20-22H,3-10H2,1-2H3/t11-,12+,13-,14-,15+,16+,17-,18+,19-/m0/s1. The van der Waals surface area contributed by atoms with Crippen molar-refractivity contribution in [3.8, 4) is 0 Å². The normalized spacial score (nSPS) is 61.2. The quantitative estimate of drug-likeness (QED) is 0.645. The Balaban J connectivity index is 1.66. The van der Waals surface area contributed by atoms with Gasteiger partial charge in [0, 0.05) is 0 Å². The summed E-state index contributed by atoms with van der Waals surface area (Å²) in [5, 5.41) is 31.4. The van der Waals surface area contributed by atoms with Crippen LogP contribution in [0.2, 0.25) is 0 Å². The summed E-state index contributed by atoms with van der Waals surface area (Å²) in [6, 6.07) is 0. The molecule has 0 bridgehead atoms. The maximum absolute atomic E-state index is 10.8. The van der Waals surface area contributed by atoms with Gasteiger partial charge in [-0.25, -0.2) is 0 Å².